The highest BCUT2D eigenvalue weighted by molar-refractivity contribution is 6.10. The van der Waals surface area contributed by atoms with E-state index in [-0.39, 0.29) is 12.2 Å². The van der Waals surface area contributed by atoms with Gasteiger partial charge in [0.1, 0.15) is 18.6 Å². The van der Waals surface area contributed by atoms with E-state index in [0.717, 1.165) is 4.90 Å². The summed E-state index contributed by atoms with van der Waals surface area (Å²) in [7, 11) is 0. The third-order valence-corrected chi connectivity index (χ3v) is 4.82. The van der Waals surface area contributed by atoms with Gasteiger partial charge < -0.3 is 5.32 Å². The molecule has 152 valence electrons. The maximum atomic E-state index is 13.0. The normalized spacial score (nSPS) is 17.9. The average molecular weight is 407 g/mol. The Hall–Kier alpha value is -4.26. The molecule has 1 unspecified atom stereocenters. The van der Waals surface area contributed by atoms with Gasteiger partial charge in [0, 0.05) is 17.8 Å². The number of para-hydroxylation sites is 1. The zero-order valence-electron chi connectivity index (χ0n) is 15.9. The molecule has 0 aromatic heterocycles. The number of amides is 4. The first kappa shape index (κ1) is 20.5. The molecule has 10 nitrogen and oxygen atoms in total. The number of non-ortho nitro benzene ring substituents is 1. The lowest BCUT2D eigenvalue weighted by Gasteiger charge is -2.24. The molecule has 4 amide bonds. The Morgan fingerprint density at radius 2 is 1.83 bits per heavy atom. The van der Waals surface area contributed by atoms with Gasteiger partial charge in [-0.2, -0.15) is 5.26 Å². The van der Waals surface area contributed by atoms with Crippen LogP contribution in [0.5, 0.6) is 0 Å². The minimum atomic E-state index is -1.47. The highest BCUT2D eigenvalue weighted by atomic mass is 16.6. The first-order valence-corrected chi connectivity index (χ1v) is 8.89. The molecule has 30 heavy (non-hydrogen) atoms. The van der Waals surface area contributed by atoms with Gasteiger partial charge in [-0.3, -0.25) is 29.5 Å². The number of nitro benzene ring substituents is 1. The van der Waals surface area contributed by atoms with Crippen LogP contribution in [-0.4, -0.2) is 40.8 Å². The quantitative estimate of drug-likeness (QED) is 0.336. The van der Waals surface area contributed by atoms with Crippen LogP contribution >= 0.6 is 0 Å². The molecule has 1 aliphatic rings. The standard InChI is InChI=1S/C20H17N5O5/c1-20(14-7-9-16(10-8-14)25(29)30)18(27)24(19(28)22-20)13-17(26)23(12-11-21)15-5-3-2-4-6-15/h2-10H,12-13H2,1H3,(H,22,28). The number of hydrogen-bond donors (Lipinski definition) is 1. The maximum Gasteiger partial charge on any atom is 0.325 e. The number of nitro groups is 1. The van der Waals surface area contributed by atoms with Crippen LogP contribution in [-0.2, 0) is 15.1 Å². The van der Waals surface area contributed by atoms with Crippen molar-refractivity contribution >= 4 is 29.2 Å². The zero-order valence-corrected chi connectivity index (χ0v) is 15.9. The second-order valence-electron chi connectivity index (χ2n) is 6.72. The molecule has 0 spiro atoms. The lowest BCUT2D eigenvalue weighted by atomic mass is 9.92. The Kier molecular flexibility index (Phi) is 5.46. The van der Waals surface area contributed by atoms with E-state index in [9.17, 15) is 24.5 Å². The Balaban J connectivity index is 1.82. The first-order chi connectivity index (χ1) is 14.3. The number of imide groups is 1. The molecule has 1 fully saturated rings. The van der Waals surface area contributed by atoms with Crippen LogP contribution in [0.4, 0.5) is 16.2 Å². The Labute approximate surface area is 171 Å². The summed E-state index contributed by atoms with van der Waals surface area (Å²) in [5, 5.41) is 22.4. The molecule has 1 saturated heterocycles. The fourth-order valence-corrected chi connectivity index (χ4v) is 3.18. The minimum Gasteiger partial charge on any atom is -0.319 e. The third kappa shape index (κ3) is 3.68. The van der Waals surface area contributed by atoms with Crippen LogP contribution in [0.25, 0.3) is 0 Å². The molecular formula is C20H17N5O5. The van der Waals surface area contributed by atoms with Gasteiger partial charge >= 0.3 is 6.03 Å². The minimum absolute atomic E-state index is 0.152. The van der Waals surface area contributed by atoms with Crippen molar-refractivity contribution in [2.75, 3.05) is 18.0 Å². The number of nitrogens with zero attached hydrogens (tertiary/aromatic N) is 4. The van der Waals surface area contributed by atoms with E-state index in [1.807, 2.05) is 6.07 Å². The number of nitriles is 1. The van der Waals surface area contributed by atoms with E-state index in [1.54, 1.807) is 30.3 Å². The molecule has 1 aliphatic heterocycles. The summed E-state index contributed by atoms with van der Waals surface area (Å²) in [5.41, 5.74) is -0.812. The molecule has 10 heteroatoms. The highest BCUT2D eigenvalue weighted by Crippen LogP contribution is 2.30. The summed E-state index contributed by atoms with van der Waals surface area (Å²) in [6.07, 6.45) is 0. The molecule has 1 heterocycles. The number of anilines is 1. The van der Waals surface area contributed by atoms with Crippen LogP contribution < -0.4 is 10.2 Å². The van der Waals surface area contributed by atoms with Crippen LogP contribution in [0.3, 0.4) is 0 Å². The number of rotatable bonds is 6. The molecule has 0 radical (unpaired) electrons. The molecule has 2 aromatic rings. The molecule has 0 aliphatic carbocycles. The average Bonchev–Trinajstić information content (AvgIpc) is 2.96. The predicted octanol–water partition coefficient (Wildman–Crippen LogP) is 1.92. The third-order valence-electron chi connectivity index (χ3n) is 4.82. The van der Waals surface area contributed by atoms with E-state index < -0.39 is 34.9 Å². The van der Waals surface area contributed by atoms with Crippen molar-refractivity contribution in [3.05, 3.63) is 70.3 Å². The van der Waals surface area contributed by atoms with Crippen molar-refractivity contribution in [2.45, 2.75) is 12.5 Å². The molecule has 0 saturated carbocycles. The number of hydrogen-bond acceptors (Lipinski definition) is 6. The molecule has 1 atom stereocenters. The SMILES string of the molecule is CC1(c2ccc([N+](=O)[O-])cc2)NC(=O)N(CC(=O)N(CC#N)c2ccccc2)C1=O. The van der Waals surface area contributed by atoms with Crippen LogP contribution in [0.15, 0.2) is 54.6 Å². The van der Waals surface area contributed by atoms with Gasteiger partial charge in [-0.25, -0.2) is 4.79 Å². The summed E-state index contributed by atoms with van der Waals surface area (Å²) in [6.45, 7) is 0.666. The van der Waals surface area contributed by atoms with Gasteiger partial charge in [0.15, 0.2) is 0 Å². The van der Waals surface area contributed by atoms with Crippen molar-refractivity contribution in [1.82, 2.24) is 10.2 Å². The largest absolute Gasteiger partial charge is 0.325 e. The van der Waals surface area contributed by atoms with Crippen molar-refractivity contribution in [3.8, 4) is 6.07 Å². The predicted molar refractivity (Wildman–Crippen MR) is 105 cm³/mol. The monoisotopic (exact) mass is 407 g/mol. The number of carbonyl (C=O) groups excluding carboxylic acids is 3. The number of nitrogens with one attached hydrogen (secondary N) is 1. The summed E-state index contributed by atoms with van der Waals surface area (Å²) in [5.74, 6) is -1.26. The van der Waals surface area contributed by atoms with Crippen LogP contribution in [0.2, 0.25) is 0 Å². The lowest BCUT2D eigenvalue weighted by molar-refractivity contribution is -0.384. The van der Waals surface area contributed by atoms with Gasteiger partial charge in [-0.1, -0.05) is 18.2 Å². The van der Waals surface area contributed by atoms with E-state index in [1.165, 1.54) is 36.1 Å². The Morgan fingerprint density at radius 1 is 1.20 bits per heavy atom. The number of carbonyl (C=O) groups is 3. The topological polar surface area (TPSA) is 137 Å². The van der Waals surface area contributed by atoms with E-state index in [2.05, 4.69) is 5.32 Å². The van der Waals surface area contributed by atoms with Crippen molar-refractivity contribution in [1.29, 1.82) is 5.26 Å². The van der Waals surface area contributed by atoms with Gasteiger partial charge in [-0.05, 0) is 36.8 Å². The van der Waals surface area contributed by atoms with Crippen LogP contribution in [0.1, 0.15) is 12.5 Å². The van der Waals surface area contributed by atoms with Crippen molar-refractivity contribution in [3.63, 3.8) is 0 Å². The van der Waals surface area contributed by atoms with E-state index in [4.69, 9.17) is 5.26 Å². The second-order valence-corrected chi connectivity index (χ2v) is 6.72. The molecule has 2 aromatic carbocycles. The van der Waals surface area contributed by atoms with Gasteiger partial charge in [0.25, 0.3) is 11.6 Å². The summed E-state index contributed by atoms with van der Waals surface area (Å²) in [6, 6.07) is 14.8. The van der Waals surface area contributed by atoms with Crippen molar-refractivity contribution in [2.24, 2.45) is 0 Å². The zero-order chi connectivity index (χ0) is 21.9. The summed E-state index contributed by atoms with van der Waals surface area (Å²) in [4.78, 5) is 50.4. The molecule has 3 rings (SSSR count). The number of urea groups is 1. The lowest BCUT2D eigenvalue weighted by Crippen LogP contribution is -2.44. The Morgan fingerprint density at radius 3 is 2.40 bits per heavy atom. The Bertz CT molecular complexity index is 1050. The van der Waals surface area contributed by atoms with E-state index >= 15 is 0 Å². The molecular weight excluding hydrogens is 390 g/mol. The fourth-order valence-electron chi connectivity index (χ4n) is 3.18. The van der Waals surface area contributed by atoms with Gasteiger partial charge in [0.05, 0.1) is 11.0 Å². The number of benzene rings is 2. The second kappa shape index (κ2) is 8.00. The van der Waals surface area contributed by atoms with Crippen LogP contribution in [0, 0.1) is 21.4 Å². The smallest absolute Gasteiger partial charge is 0.319 e. The van der Waals surface area contributed by atoms with Gasteiger partial charge in [-0.15, -0.1) is 0 Å². The summed E-state index contributed by atoms with van der Waals surface area (Å²) >= 11 is 0. The molecule has 1 N–H and O–H groups in total. The fraction of sp³-hybridized carbons (Fsp3) is 0.200. The first-order valence-electron chi connectivity index (χ1n) is 8.89. The molecule has 0 bridgehead atoms. The van der Waals surface area contributed by atoms with E-state index in [0.29, 0.717) is 11.3 Å². The highest BCUT2D eigenvalue weighted by Gasteiger charge is 2.49. The van der Waals surface area contributed by atoms with Crippen molar-refractivity contribution < 1.29 is 19.3 Å². The maximum absolute atomic E-state index is 13.0. The summed E-state index contributed by atoms with van der Waals surface area (Å²) < 4.78 is 0. The van der Waals surface area contributed by atoms with Gasteiger partial charge in [0.2, 0.25) is 5.91 Å².